The maximum atomic E-state index is 9.23. The molecule has 0 aromatic carbocycles. The van der Waals surface area contributed by atoms with E-state index in [4.69, 9.17) is 0 Å². The van der Waals surface area contributed by atoms with Crippen LogP contribution in [0.1, 0.15) is 26.7 Å². The van der Waals surface area contributed by atoms with Crippen LogP contribution in [0.5, 0.6) is 0 Å². The molecule has 3 atom stereocenters. The molecule has 0 aliphatic carbocycles. The smallest absolute Gasteiger partial charge is 0.0662 e. The number of rotatable bonds is 4. The molecule has 1 aliphatic heterocycles. The summed E-state index contributed by atoms with van der Waals surface area (Å²) in [6.07, 6.45) is 2.46. The molecule has 1 aliphatic rings. The molecular formula is C9H19NOS. The minimum Gasteiger partial charge on any atom is -0.392 e. The third-order valence-corrected chi connectivity index (χ3v) is 3.81. The highest BCUT2D eigenvalue weighted by Crippen LogP contribution is 2.25. The lowest BCUT2D eigenvalue weighted by atomic mass is 10.2. The van der Waals surface area contributed by atoms with Crippen LogP contribution in [0.15, 0.2) is 0 Å². The summed E-state index contributed by atoms with van der Waals surface area (Å²) < 4.78 is 0. The second-order valence-electron chi connectivity index (χ2n) is 3.57. The minimum absolute atomic E-state index is 0.228. The van der Waals surface area contributed by atoms with Gasteiger partial charge in [0.25, 0.3) is 0 Å². The van der Waals surface area contributed by atoms with Gasteiger partial charge in [0.05, 0.1) is 6.10 Å². The summed E-state index contributed by atoms with van der Waals surface area (Å²) in [5.41, 5.74) is 0. The molecule has 0 radical (unpaired) electrons. The van der Waals surface area contributed by atoms with E-state index in [1.54, 1.807) is 0 Å². The van der Waals surface area contributed by atoms with Crippen LogP contribution < -0.4 is 5.32 Å². The van der Waals surface area contributed by atoms with E-state index in [9.17, 15) is 5.11 Å². The van der Waals surface area contributed by atoms with Gasteiger partial charge in [-0.2, -0.15) is 11.8 Å². The van der Waals surface area contributed by atoms with Gasteiger partial charge in [-0.15, -0.1) is 0 Å². The third kappa shape index (κ3) is 3.33. The molecule has 1 heterocycles. The van der Waals surface area contributed by atoms with Crippen LogP contribution in [0.4, 0.5) is 0 Å². The number of hydrogen-bond donors (Lipinski definition) is 2. The van der Waals surface area contributed by atoms with Crippen molar-refractivity contribution in [3.63, 3.8) is 0 Å². The van der Waals surface area contributed by atoms with Crippen molar-refractivity contribution in [1.82, 2.24) is 5.32 Å². The molecule has 0 saturated carbocycles. The van der Waals surface area contributed by atoms with E-state index in [1.807, 2.05) is 13.8 Å². The highest BCUT2D eigenvalue weighted by atomic mass is 32.2. The summed E-state index contributed by atoms with van der Waals surface area (Å²) in [6, 6.07) is 0.228. The monoisotopic (exact) mass is 189 g/mol. The van der Waals surface area contributed by atoms with Crippen molar-refractivity contribution < 1.29 is 5.11 Å². The molecule has 12 heavy (non-hydrogen) atoms. The van der Waals surface area contributed by atoms with Crippen LogP contribution >= 0.6 is 11.8 Å². The average Bonchev–Trinajstić information content (AvgIpc) is 2.51. The first-order valence-electron chi connectivity index (χ1n) is 4.73. The van der Waals surface area contributed by atoms with Gasteiger partial charge in [0.2, 0.25) is 0 Å². The molecule has 0 aromatic rings. The van der Waals surface area contributed by atoms with Crippen LogP contribution in [-0.2, 0) is 0 Å². The van der Waals surface area contributed by atoms with Crippen molar-refractivity contribution in [2.24, 2.45) is 0 Å². The molecule has 1 rings (SSSR count). The van der Waals surface area contributed by atoms with Gasteiger partial charge in [-0.1, -0.05) is 0 Å². The zero-order valence-electron chi connectivity index (χ0n) is 7.92. The molecule has 72 valence electrons. The number of aliphatic hydroxyl groups excluding tert-OH is 1. The average molecular weight is 189 g/mol. The zero-order valence-corrected chi connectivity index (χ0v) is 8.73. The Morgan fingerprint density at radius 3 is 2.83 bits per heavy atom. The second kappa shape index (κ2) is 5.10. The highest BCUT2D eigenvalue weighted by molar-refractivity contribution is 8.00. The van der Waals surface area contributed by atoms with Crippen molar-refractivity contribution in [3.8, 4) is 0 Å². The van der Waals surface area contributed by atoms with Gasteiger partial charge in [0.15, 0.2) is 0 Å². The maximum absolute atomic E-state index is 9.23. The number of thioether (sulfide) groups is 1. The molecule has 0 spiro atoms. The summed E-state index contributed by atoms with van der Waals surface area (Å²) in [7, 11) is 0. The Bertz CT molecular complexity index is 122. The fraction of sp³-hybridized carbons (Fsp3) is 1.00. The third-order valence-electron chi connectivity index (χ3n) is 2.42. The van der Waals surface area contributed by atoms with E-state index in [2.05, 4.69) is 17.1 Å². The van der Waals surface area contributed by atoms with Crippen LogP contribution in [0.2, 0.25) is 0 Å². The number of nitrogens with one attached hydrogen (secondary N) is 1. The van der Waals surface area contributed by atoms with Crippen molar-refractivity contribution >= 4 is 11.8 Å². The normalized spacial score (nSPS) is 28.8. The van der Waals surface area contributed by atoms with E-state index in [-0.39, 0.29) is 12.1 Å². The largest absolute Gasteiger partial charge is 0.392 e. The zero-order chi connectivity index (χ0) is 8.97. The molecule has 0 bridgehead atoms. The quantitative estimate of drug-likeness (QED) is 0.698. The summed E-state index contributed by atoms with van der Waals surface area (Å²) in [4.78, 5) is 0. The van der Waals surface area contributed by atoms with Crippen LogP contribution in [-0.4, -0.2) is 34.8 Å². The Morgan fingerprint density at radius 2 is 2.33 bits per heavy atom. The molecule has 1 fully saturated rings. The second-order valence-corrected chi connectivity index (χ2v) is 4.98. The first-order chi connectivity index (χ1) is 5.70. The Kier molecular flexibility index (Phi) is 4.40. The number of aliphatic hydroxyl groups is 1. The molecule has 3 unspecified atom stereocenters. The molecule has 0 amide bonds. The first kappa shape index (κ1) is 10.4. The molecule has 2 nitrogen and oxygen atoms in total. The van der Waals surface area contributed by atoms with Crippen molar-refractivity contribution in [2.45, 2.75) is 44.1 Å². The van der Waals surface area contributed by atoms with E-state index < -0.39 is 0 Å². The van der Waals surface area contributed by atoms with E-state index in [0.717, 1.165) is 11.8 Å². The summed E-state index contributed by atoms with van der Waals surface area (Å²) in [5, 5.41) is 13.4. The Labute approximate surface area is 79.1 Å². The van der Waals surface area contributed by atoms with Gasteiger partial charge in [-0.3, -0.25) is 0 Å². The predicted octanol–water partition coefficient (Wildman–Crippen LogP) is 1.24. The molecule has 0 aromatic heterocycles. The van der Waals surface area contributed by atoms with Gasteiger partial charge < -0.3 is 10.4 Å². The topological polar surface area (TPSA) is 32.3 Å². The summed E-state index contributed by atoms with van der Waals surface area (Å²) in [5.74, 6) is 1.31. The van der Waals surface area contributed by atoms with Crippen molar-refractivity contribution in [1.29, 1.82) is 0 Å². The molecular weight excluding hydrogens is 170 g/mol. The van der Waals surface area contributed by atoms with Gasteiger partial charge in [0, 0.05) is 17.8 Å². The van der Waals surface area contributed by atoms with Crippen LogP contribution in [0, 0.1) is 0 Å². The van der Waals surface area contributed by atoms with E-state index in [1.165, 1.54) is 18.6 Å². The Morgan fingerprint density at radius 1 is 1.58 bits per heavy atom. The van der Waals surface area contributed by atoms with Crippen molar-refractivity contribution in [2.75, 3.05) is 12.3 Å². The molecule has 2 N–H and O–H groups in total. The lowest BCUT2D eigenvalue weighted by molar-refractivity contribution is 0.153. The first-order valence-corrected chi connectivity index (χ1v) is 5.78. The fourth-order valence-corrected chi connectivity index (χ4v) is 2.51. The van der Waals surface area contributed by atoms with E-state index >= 15 is 0 Å². The SMILES string of the molecule is CC(O)C(C)NCC1CCCS1. The summed E-state index contributed by atoms with van der Waals surface area (Å²) >= 11 is 2.05. The van der Waals surface area contributed by atoms with Gasteiger partial charge >= 0.3 is 0 Å². The summed E-state index contributed by atoms with van der Waals surface area (Å²) in [6.45, 7) is 4.92. The standard InChI is InChI=1S/C9H19NOS/c1-7(8(2)11)10-6-9-4-3-5-12-9/h7-11H,3-6H2,1-2H3. The predicted molar refractivity (Wildman–Crippen MR) is 54.6 cm³/mol. The number of hydrogen-bond acceptors (Lipinski definition) is 3. The minimum atomic E-state index is -0.239. The Hall–Kier alpha value is 0.270. The lowest BCUT2D eigenvalue weighted by Crippen LogP contribution is -2.38. The van der Waals surface area contributed by atoms with Crippen LogP contribution in [0.3, 0.4) is 0 Å². The molecule has 1 saturated heterocycles. The fourth-order valence-electron chi connectivity index (χ4n) is 1.29. The van der Waals surface area contributed by atoms with Crippen molar-refractivity contribution in [3.05, 3.63) is 0 Å². The van der Waals surface area contributed by atoms with Crippen LogP contribution in [0.25, 0.3) is 0 Å². The van der Waals surface area contributed by atoms with Gasteiger partial charge in [-0.25, -0.2) is 0 Å². The van der Waals surface area contributed by atoms with Gasteiger partial charge in [0.1, 0.15) is 0 Å². The van der Waals surface area contributed by atoms with E-state index in [0.29, 0.717) is 0 Å². The highest BCUT2D eigenvalue weighted by Gasteiger charge is 2.16. The lowest BCUT2D eigenvalue weighted by Gasteiger charge is -2.18. The van der Waals surface area contributed by atoms with Gasteiger partial charge in [-0.05, 0) is 32.4 Å². The Balaban J connectivity index is 2.07. The molecule has 3 heteroatoms. The maximum Gasteiger partial charge on any atom is 0.0662 e.